The summed E-state index contributed by atoms with van der Waals surface area (Å²) in [6.45, 7) is 11.7. The van der Waals surface area contributed by atoms with Gasteiger partial charge in [0, 0.05) is 6.54 Å². The van der Waals surface area contributed by atoms with E-state index in [1.807, 2.05) is 12.1 Å². The maximum Gasteiger partial charge on any atom is 0.119 e. The second-order valence-electron chi connectivity index (χ2n) is 4.88. The fraction of sp³-hybridized carbons (Fsp3) is 0.500. The second-order valence-corrected chi connectivity index (χ2v) is 4.88. The molecule has 0 atom stereocenters. The summed E-state index contributed by atoms with van der Waals surface area (Å²) in [5, 5.41) is 3.42. The highest BCUT2D eigenvalue weighted by molar-refractivity contribution is 5.27. The van der Waals surface area contributed by atoms with Gasteiger partial charge in [0.1, 0.15) is 12.4 Å². The Morgan fingerprint density at radius 2 is 1.95 bits per heavy atom. The Hall–Kier alpha value is -1.32. The third-order valence-corrected chi connectivity index (χ3v) is 2.54. The molecular weight excluding hydrogens is 238 g/mol. The van der Waals surface area contributed by atoms with Crippen molar-refractivity contribution in [3.63, 3.8) is 0 Å². The van der Waals surface area contributed by atoms with Crippen molar-refractivity contribution in [3.05, 3.63) is 42.5 Å². The van der Waals surface area contributed by atoms with Crippen molar-refractivity contribution in [1.82, 2.24) is 5.32 Å². The average molecular weight is 263 g/mol. The first kappa shape index (κ1) is 15.7. The van der Waals surface area contributed by atoms with Gasteiger partial charge in [0.25, 0.3) is 0 Å². The van der Waals surface area contributed by atoms with Crippen LogP contribution in [-0.4, -0.2) is 26.4 Å². The molecule has 1 rings (SSSR count). The molecule has 0 aliphatic rings. The van der Waals surface area contributed by atoms with Gasteiger partial charge in [-0.1, -0.05) is 32.1 Å². The summed E-state index contributed by atoms with van der Waals surface area (Å²) in [6, 6.07) is 8.18. The summed E-state index contributed by atoms with van der Waals surface area (Å²) in [6.07, 6.45) is 1.74. The fourth-order valence-corrected chi connectivity index (χ4v) is 1.59. The van der Waals surface area contributed by atoms with E-state index in [-0.39, 0.29) is 0 Å². The Kier molecular flexibility index (Phi) is 7.94. The van der Waals surface area contributed by atoms with Crippen LogP contribution < -0.4 is 10.1 Å². The van der Waals surface area contributed by atoms with E-state index in [0.29, 0.717) is 25.7 Å². The zero-order valence-corrected chi connectivity index (χ0v) is 12.0. The number of hydrogen-bond acceptors (Lipinski definition) is 3. The van der Waals surface area contributed by atoms with Gasteiger partial charge in [-0.15, -0.1) is 6.58 Å². The first-order valence-corrected chi connectivity index (χ1v) is 6.83. The van der Waals surface area contributed by atoms with E-state index in [4.69, 9.17) is 9.47 Å². The zero-order valence-electron chi connectivity index (χ0n) is 12.0. The van der Waals surface area contributed by atoms with Crippen LogP contribution in [0.4, 0.5) is 0 Å². The van der Waals surface area contributed by atoms with Crippen LogP contribution in [0.3, 0.4) is 0 Å². The smallest absolute Gasteiger partial charge is 0.119 e. The quantitative estimate of drug-likeness (QED) is 0.520. The summed E-state index contributed by atoms with van der Waals surface area (Å²) < 4.78 is 10.8. The summed E-state index contributed by atoms with van der Waals surface area (Å²) in [4.78, 5) is 0. The summed E-state index contributed by atoms with van der Waals surface area (Å²) in [7, 11) is 0. The SMILES string of the molecule is C=CCOCCOc1ccc(CNCC(C)C)cc1. The molecule has 0 aliphatic heterocycles. The highest BCUT2D eigenvalue weighted by Crippen LogP contribution is 2.12. The molecule has 3 nitrogen and oxygen atoms in total. The number of ether oxygens (including phenoxy) is 2. The maximum absolute atomic E-state index is 5.57. The first-order valence-electron chi connectivity index (χ1n) is 6.83. The Morgan fingerprint density at radius 1 is 1.21 bits per heavy atom. The molecule has 1 aromatic rings. The molecule has 0 radical (unpaired) electrons. The van der Waals surface area contributed by atoms with Gasteiger partial charge in [-0.05, 0) is 30.2 Å². The predicted octanol–water partition coefficient (Wildman–Crippen LogP) is 3.01. The summed E-state index contributed by atoms with van der Waals surface area (Å²) in [5.41, 5.74) is 1.27. The molecule has 0 amide bonds. The van der Waals surface area contributed by atoms with Gasteiger partial charge in [0.15, 0.2) is 0 Å². The first-order chi connectivity index (χ1) is 9.22. The van der Waals surface area contributed by atoms with Crippen LogP contribution in [-0.2, 0) is 11.3 Å². The van der Waals surface area contributed by atoms with E-state index in [2.05, 4.69) is 37.9 Å². The molecular formula is C16H25NO2. The van der Waals surface area contributed by atoms with Crippen LogP contribution in [0, 0.1) is 5.92 Å². The van der Waals surface area contributed by atoms with Gasteiger partial charge in [0.05, 0.1) is 13.2 Å². The molecule has 0 aromatic heterocycles. The molecule has 0 saturated heterocycles. The van der Waals surface area contributed by atoms with Crippen molar-refractivity contribution in [1.29, 1.82) is 0 Å². The summed E-state index contributed by atoms with van der Waals surface area (Å²) >= 11 is 0. The van der Waals surface area contributed by atoms with E-state index in [1.54, 1.807) is 6.08 Å². The van der Waals surface area contributed by atoms with E-state index >= 15 is 0 Å². The number of benzene rings is 1. The molecule has 0 unspecified atom stereocenters. The van der Waals surface area contributed by atoms with Crippen molar-refractivity contribution < 1.29 is 9.47 Å². The minimum absolute atomic E-state index is 0.568. The minimum Gasteiger partial charge on any atom is -0.491 e. The van der Waals surface area contributed by atoms with Crippen molar-refractivity contribution in [2.24, 2.45) is 5.92 Å². The highest BCUT2D eigenvalue weighted by Gasteiger charge is 1.97. The number of rotatable bonds is 10. The molecule has 0 aliphatic carbocycles. The normalized spacial score (nSPS) is 10.7. The lowest BCUT2D eigenvalue weighted by Crippen LogP contribution is -2.18. The Bertz CT molecular complexity index is 346. The molecule has 0 bridgehead atoms. The van der Waals surface area contributed by atoms with Gasteiger partial charge < -0.3 is 14.8 Å². The van der Waals surface area contributed by atoms with Gasteiger partial charge in [-0.2, -0.15) is 0 Å². The van der Waals surface area contributed by atoms with Crippen LogP contribution in [0.1, 0.15) is 19.4 Å². The Balaban J connectivity index is 2.21. The van der Waals surface area contributed by atoms with Crippen LogP contribution in [0.5, 0.6) is 5.75 Å². The van der Waals surface area contributed by atoms with Crippen molar-refractivity contribution in [2.45, 2.75) is 20.4 Å². The molecule has 0 saturated carbocycles. The zero-order chi connectivity index (χ0) is 13.9. The number of hydrogen-bond donors (Lipinski definition) is 1. The van der Waals surface area contributed by atoms with Crippen molar-refractivity contribution in [3.8, 4) is 5.75 Å². The Labute approximate surface area is 116 Å². The molecule has 106 valence electrons. The lowest BCUT2D eigenvalue weighted by molar-refractivity contribution is 0.121. The lowest BCUT2D eigenvalue weighted by atomic mass is 10.2. The standard InChI is InChI=1S/C16H25NO2/c1-4-9-18-10-11-19-16-7-5-15(6-8-16)13-17-12-14(2)3/h4-8,14,17H,1,9-13H2,2-3H3. The molecule has 1 aromatic carbocycles. The van der Waals surface area contributed by atoms with Crippen molar-refractivity contribution in [2.75, 3.05) is 26.4 Å². The largest absolute Gasteiger partial charge is 0.491 e. The fourth-order valence-electron chi connectivity index (χ4n) is 1.59. The van der Waals surface area contributed by atoms with Gasteiger partial charge in [0.2, 0.25) is 0 Å². The third-order valence-electron chi connectivity index (χ3n) is 2.54. The molecule has 0 spiro atoms. The van der Waals surface area contributed by atoms with Gasteiger partial charge in [-0.25, -0.2) is 0 Å². The average Bonchev–Trinajstić information content (AvgIpc) is 2.40. The molecule has 19 heavy (non-hydrogen) atoms. The van der Waals surface area contributed by atoms with Crippen LogP contribution in [0.25, 0.3) is 0 Å². The molecule has 0 heterocycles. The minimum atomic E-state index is 0.568. The second kappa shape index (κ2) is 9.59. The molecule has 1 N–H and O–H groups in total. The van der Waals surface area contributed by atoms with E-state index in [0.717, 1.165) is 18.8 Å². The predicted molar refractivity (Wildman–Crippen MR) is 79.5 cm³/mol. The van der Waals surface area contributed by atoms with Gasteiger partial charge >= 0.3 is 0 Å². The monoisotopic (exact) mass is 263 g/mol. The lowest BCUT2D eigenvalue weighted by Gasteiger charge is -2.09. The summed E-state index contributed by atoms with van der Waals surface area (Å²) in [5.74, 6) is 1.56. The van der Waals surface area contributed by atoms with E-state index in [1.165, 1.54) is 5.56 Å². The van der Waals surface area contributed by atoms with Gasteiger partial charge in [-0.3, -0.25) is 0 Å². The maximum atomic E-state index is 5.57. The van der Waals surface area contributed by atoms with Crippen LogP contribution >= 0.6 is 0 Å². The Morgan fingerprint density at radius 3 is 2.58 bits per heavy atom. The van der Waals surface area contributed by atoms with Crippen LogP contribution in [0.15, 0.2) is 36.9 Å². The van der Waals surface area contributed by atoms with E-state index in [9.17, 15) is 0 Å². The van der Waals surface area contributed by atoms with Crippen molar-refractivity contribution >= 4 is 0 Å². The highest BCUT2D eigenvalue weighted by atomic mass is 16.5. The number of nitrogens with one attached hydrogen (secondary N) is 1. The molecule has 0 fully saturated rings. The topological polar surface area (TPSA) is 30.5 Å². The van der Waals surface area contributed by atoms with Crippen LogP contribution in [0.2, 0.25) is 0 Å². The third kappa shape index (κ3) is 7.65. The molecule has 3 heteroatoms. The van der Waals surface area contributed by atoms with E-state index < -0.39 is 0 Å².